The zero-order chi connectivity index (χ0) is 27.0. The summed E-state index contributed by atoms with van der Waals surface area (Å²) in [4.78, 5) is 19.8. The molecule has 0 bridgehead atoms. The highest BCUT2D eigenvalue weighted by Crippen LogP contribution is 2.30. The summed E-state index contributed by atoms with van der Waals surface area (Å²) in [7, 11) is 0. The van der Waals surface area contributed by atoms with Gasteiger partial charge in [-0.3, -0.25) is 9.89 Å². The summed E-state index contributed by atoms with van der Waals surface area (Å²) in [6.07, 6.45) is 4.74. The van der Waals surface area contributed by atoms with Gasteiger partial charge in [-0.25, -0.2) is 4.98 Å². The van der Waals surface area contributed by atoms with Gasteiger partial charge in [-0.1, -0.05) is 54.1 Å². The Labute approximate surface area is 232 Å². The first-order valence-corrected chi connectivity index (χ1v) is 13.5. The van der Waals surface area contributed by atoms with Crippen LogP contribution in [0.4, 0.5) is 5.69 Å². The van der Waals surface area contributed by atoms with Gasteiger partial charge >= 0.3 is 0 Å². The zero-order valence-electron chi connectivity index (χ0n) is 21.9. The number of anilines is 1. The molecule has 9 heteroatoms. The second-order valence-electron chi connectivity index (χ2n) is 9.47. The molecule has 3 aromatic carbocycles. The number of aromatic nitrogens is 4. The van der Waals surface area contributed by atoms with E-state index in [-0.39, 0.29) is 5.91 Å². The molecule has 0 atom stereocenters. The normalized spacial score (nSPS) is 11.1. The van der Waals surface area contributed by atoms with Crippen molar-refractivity contribution in [2.24, 2.45) is 0 Å². The fourth-order valence-corrected chi connectivity index (χ4v) is 4.88. The van der Waals surface area contributed by atoms with Gasteiger partial charge < -0.3 is 20.9 Å². The molecule has 0 spiro atoms. The van der Waals surface area contributed by atoms with Crippen LogP contribution < -0.4 is 16.0 Å². The fraction of sp³-hybridized carbons (Fsp3) is 0.233. The lowest BCUT2D eigenvalue weighted by molar-refractivity contribution is -0.120. The molecule has 0 radical (unpaired) electrons. The molecular formula is C30H32ClN7O. The van der Waals surface area contributed by atoms with Gasteiger partial charge in [-0.15, -0.1) is 0 Å². The van der Waals surface area contributed by atoms with Gasteiger partial charge in [-0.05, 0) is 42.7 Å². The first kappa shape index (κ1) is 26.5. The predicted octanol–water partition coefficient (Wildman–Crippen LogP) is 5.68. The summed E-state index contributed by atoms with van der Waals surface area (Å²) in [6.45, 7) is 4.59. The highest BCUT2D eigenvalue weighted by molar-refractivity contribution is 6.33. The van der Waals surface area contributed by atoms with Crippen molar-refractivity contribution in [2.45, 2.75) is 26.3 Å². The van der Waals surface area contributed by atoms with Crippen LogP contribution in [-0.2, 0) is 11.3 Å². The number of rotatable bonds is 12. The van der Waals surface area contributed by atoms with E-state index in [1.807, 2.05) is 55.6 Å². The summed E-state index contributed by atoms with van der Waals surface area (Å²) < 4.78 is 0. The Bertz CT molecular complexity index is 1540. The van der Waals surface area contributed by atoms with Crippen molar-refractivity contribution >= 4 is 34.1 Å². The van der Waals surface area contributed by atoms with Crippen LogP contribution in [0.3, 0.4) is 0 Å². The minimum atomic E-state index is 0.0354. The van der Waals surface area contributed by atoms with Crippen LogP contribution in [0.2, 0.25) is 5.02 Å². The number of imidazole rings is 1. The minimum Gasteiger partial charge on any atom is -0.384 e. The lowest BCUT2D eigenvalue weighted by Crippen LogP contribution is -2.29. The number of aryl methyl sites for hydroxylation is 1. The summed E-state index contributed by atoms with van der Waals surface area (Å²) >= 11 is 6.50. The molecule has 0 aliphatic rings. The highest BCUT2D eigenvalue weighted by atomic mass is 35.5. The van der Waals surface area contributed by atoms with Crippen LogP contribution in [0.15, 0.2) is 73.2 Å². The average Bonchev–Trinajstić information content (AvgIpc) is 3.60. The molecule has 5 aromatic rings. The van der Waals surface area contributed by atoms with Crippen molar-refractivity contribution in [2.75, 3.05) is 25.0 Å². The van der Waals surface area contributed by atoms with Crippen molar-refractivity contribution in [3.63, 3.8) is 0 Å². The Morgan fingerprint density at radius 3 is 2.67 bits per heavy atom. The Morgan fingerprint density at radius 1 is 1.00 bits per heavy atom. The molecule has 0 saturated heterocycles. The lowest BCUT2D eigenvalue weighted by Gasteiger charge is -2.11. The second kappa shape index (κ2) is 12.6. The molecule has 8 nitrogen and oxygen atoms in total. The zero-order valence-corrected chi connectivity index (χ0v) is 22.6. The van der Waals surface area contributed by atoms with Crippen LogP contribution in [0.1, 0.15) is 24.1 Å². The number of nitrogens with one attached hydrogen (secondary N) is 5. The van der Waals surface area contributed by atoms with Crippen LogP contribution >= 0.6 is 11.6 Å². The van der Waals surface area contributed by atoms with Crippen LogP contribution in [0, 0.1) is 6.92 Å². The summed E-state index contributed by atoms with van der Waals surface area (Å²) in [5.74, 6) is 0.0354. The van der Waals surface area contributed by atoms with E-state index in [9.17, 15) is 4.79 Å². The summed E-state index contributed by atoms with van der Waals surface area (Å²) in [5, 5.41) is 18.8. The van der Waals surface area contributed by atoms with Gasteiger partial charge in [-0.2, -0.15) is 5.10 Å². The van der Waals surface area contributed by atoms with Gasteiger partial charge in [0.05, 0.1) is 23.7 Å². The summed E-state index contributed by atoms with van der Waals surface area (Å²) in [5.41, 5.74) is 8.10. The quantitative estimate of drug-likeness (QED) is 0.130. The predicted molar refractivity (Wildman–Crippen MR) is 158 cm³/mol. The molecule has 2 heterocycles. The molecule has 0 unspecified atom stereocenters. The van der Waals surface area contributed by atoms with E-state index in [1.54, 1.807) is 6.33 Å². The van der Waals surface area contributed by atoms with Crippen molar-refractivity contribution in [1.82, 2.24) is 30.8 Å². The van der Waals surface area contributed by atoms with Crippen LogP contribution in [0.25, 0.3) is 33.3 Å². The Kier molecular flexibility index (Phi) is 8.55. The Hall–Kier alpha value is -4.14. The second-order valence-corrected chi connectivity index (χ2v) is 9.88. The number of hydrogen-bond acceptors (Lipinski definition) is 5. The maximum atomic E-state index is 12.3. The van der Waals surface area contributed by atoms with Gasteiger partial charge in [0.25, 0.3) is 0 Å². The minimum absolute atomic E-state index is 0.0354. The number of carbonyl (C=O) groups excluding carboxylic acids is 1. The lowest BCUT2D eigenvalue weighted by atomic mass is 10.0. The molecule has 0 aliphatic heterocycles. The first-order chi connectivity index (χ1) is 19.1. The third kappa shape index (κ3) is 6.66. The van der Waals surface area contributed by atoms with Crippen LogP contribution in [-0.4, -0.2) is 45.7 Å². The number of nitrogens with zero attached hydrogens (tertiary/aromatic N) is 2. The molecule has 0 saturated carbocycles. The maximum absolute atomic E-state index is 12.3. The number of benzene rings is 3. The fourth-order valence-electron chi connectivity index (χ4n) is 4.57. The SMILES string of the molecule is Cc1[nH]cnc1-c1cc(NCCCNC(=O)CCNCc2ccc(-c3ccccc3)c(Cl)c2)c2cn[nH]c2c1. The van der Waals surface area contributed by atoms with E-state index in [0.29, 0.717) is 26.1 Å². The van der Waals surface area contributed by atoms with Crippen molar-refractivity contribution in [1.29, 1.82) is 0 Å². The van der Waals surface area contributed by atoms with E-state index in [0.717, 1.165) is 68.2 Å². The highest BCUT2D eigenvalue weighted by Gasteiger charge is 2.11. The number of halogens is 1. The molecule has 200 valence electrons. The largest absolute Gasteiger partial charge is 0.384 e. The van der Waals surface area contributed by atoms with E-state index >= 15 is 0 Å². The number of fused-ring (bicyclic) bond motifs is 1. The van der Waals surface area contributed by atoms with Crippen molar-refractivity contribution < 1.29 is 4.79 Å². The molecule has 2 aromatic heterocycles. The molecule has 1 amide bonds. The number of carbonyl (C=O) groups is 1. The molecule has 39 heavy (non-hydrogen) atoms. The standard InChI is InChI=1S/C30H32ClN7O/c1-20-30(36-19-35-20)23-15-27(25-18-37-38-28(25)16-23)33-11-5-12-34-29(39)10-13-32-17-21-8-9-24(26(31)14-21)22-6-3-2-4-7-22/h2-4,6-9,14-16,18-19,32-33H,5,10-13,17H2,1H3,(H,34,39)(H,35,36)(H,37,38). The van der Waals surface area contributed by atoms with Gasteiger partial charge in [0.2, 0.25) is 5.91 Å². The molecule has 0 fully saturated rings. The van der Waals surface area contributed by atoms with Gasteiger partial charge in [0.1, 0.15) is 0 Å². The van der Waals surface area contributed by atoms with Gasteiger partial charge in [0.15, 0.2) is 0 Å². The number of H-pyrrole nitrogens is 2. The van der Waals surface area contributed by atoms with Gasteiger partial charge in [0, 0.05) is 65.5 Å². The van der Waals surface area contributed by atoms with Crippen molar-refractivity contribution in [3.8, 4) is 22.4 Å². The first-order valence-electron chi connectivity index (χ1n) is 13.1. The molecular weight excluding hydrogens is 510 g/mol. The number of hydrogen-bond donors (Lipinski definition) is 5. The topological polar surface area (TPSA) is 111 Å². The van der Waals surface area contributed by atoms with E-state index in [2.05, 4.69) is 54.3 Å². The van der Waals surface area contributed by atoms with E-state index in [4.69, 9.17) is 11.6 Å². The maximum Gasteiger partial charge on any atom is 0.221 e. The number of aromatic amines is 2. The van der Waals surface area contributed by atoms with Crippen molar-refractivity contribution in [3.05, 3.63) is 89.5 Å². The average molecular weight is 542 g/mol. The smallest absolute Gasteiger partial charge is 0.221 e. The van der Waals surface area contributed by atoms with E-state index < -0.39 is 0 Å². The third-order valence-corrected chi connectivity index (χ3v) is 6.94. The Morgan fingerprint density at radius 2 is 1.87 bits per heavy atom. The molecule has 5 rings (SSSR count). The third-order valence-electron chi connectivity index (χ3n) is 6.63. The monoisotopic (exact) mass is 541 g/mol. The molecule has 0 aliphatic carbocycles. The summed E-state index contributed by atoms with van der Waals surface area (Å²) in [6, 6.07) is 20.3. The Balaban J connectivity index is 1.02. The number of amides is 1. The molecule has 5 N–H and O–H groups in total. The van der Waals surface area contributed by atoms with E-state index in [1.165, 1.54) is 0 Å². The van der Waals surface area contributed by atoms with Crippen LogP contribution in [0.5, 0.6) is 0 Å².